The van der Waals surface area contributed by atoms with E-state index < -0.39 is 35.8 Å². The van der Waals surface area contributed by atoms with E-state index in [0.29, 0.717) is 10.1 Å². The Kier molecular flexibility index (Phi) is 8.71. The number of nitrogens with zero attached hydrogens (tertiary/aromatic N) is 3. The Bertz CT molecular complexity index is 1660. The Hall–Kier alpha value is -4.26. The lowest BCUT2D eigenvalue weighted by atomic mass is 10.0. The van der Waals surface area contributed by atoms with E-state index in [1.54, 1.807) is 45.0 Å². The number of aromatic nitrogens is 3. The van der Waals surface area contributed by atoms with Crippen LogP contribution in [0.2, 0.25) is 0 Å². The summed E-state index contributed by atoms with van der Waals surface area (Å²) in [5.74, 6) is -2.14. The minimum atomic E-state index is -4.80. The molecule has 0 bridgehead atoms. The topological polar surface area (TPSA) is 112 Å². The van der Waals surface area contributed by atoms with Crippen molar-refractivity contribution in [1.29, 1.82) is 0 Å². The minimum Gasteiger partial charge on any atom is -0.462 e. The summed E-state index contributed by atoms with van der Waals surface area (Å²) in [6.07, 6.45) is -4.33. The quantitative estimate of drug-likeness (QED) is 0.218. The van der Waals surface area contributed by atoms with Gasteiger partial charge in [-0.1, -0.05) is 38.1 Å². The summed E-state index contributed by atoms with van der Waals surface area (Å²) in [6, 6.07) is 7.83. The average molecular weight is 603 g/mol. The first-order chi connectivity index (χ1) is 19.7. The molecule has 0 aliphatic rings. The second kappa shape index (κ2) is 11.9. The Morgan fingerprint density at radius 1 is 1.07 bits per heavy atom. The zero-order valence-corrected chi connectivity index (χ0v) is 24.6. The number of hydrogen-bond acceptors (Lipinski definition) is 8. The van der Waals surface area contributed by atoms with Gasteiger partial charge in [0.25, 0.3) is 5.91 Å². The zero-order chi connectivity index (χ0) is 30.9. The van der Waals surface area contributed by atoms with E-state index in [4.69, 9.17) is 9.47 Å². The molecule has 0 radical (unpaired) electrons. The van der Waals surface area contributed by atoms with Crippen molar-refractivity contribution in [3.63, 3.8) is 0 Å². The SMILES string of the molecule is CCOC(=O)c1sc(NC(=O)c2cnn3c(C(F)(F)F)cc(-c4ccc(C(C)C)cc4)nc23)c(C(=O)OC(C)C)c1C. The van der Waals surface area contributed by atoms with Crippen LogP contribution in [0.1, 0.15) is 87.7 Å². The predicted molar refractivity (Wildman–Crippen MR) is 151 cm³/mol. The Morgan fingerprint density at radius 2 is 1.74 bits per heavy atom. The van der Waals surface area contributed by atoms with Crippen molar-refractivity contribution < 1.29 is 37.0 Å². The Balaban J connectivity index is 1.81. The molecular weight excluding hydrogens is 573 g/mol. The molecule has 222 valence electrons. The van der Waals surface area contributed by atoms with Gasteiger partial charge in [-0.2, -0.15) is 18.3 Å². The molecule has 0 aliphatic carbocycles. The van der Waals surface area contributed by atoms with Crippen LogP contribution in [0.4, 0.5) is 18.2 Å². The highest BCUT2D eigenvalue weighted by atomic mass is 32.1. The number of ether oxygens (including phenoxy) is 2. The van der Waals surface area contributed by atoms with E-state index in [1.807, 2.05) is 13.8 Å². The predicted octanol–water partition coefficient (Wildman–Crippen LogP) is 6.90. The van der Waals surface area contributed by atoms with E-state index in [1.165, 1.54) is 6.92 Å². The molecule has 0 fully saturated rings. The van der Waals surface area contributed by atoms with Crippen LogP contribution < -0.4 is 5.32 Å². The molecule has 4 rings (SSSR count). The molecule has 0 saturated heterocycles. The molecule has 13 heteroatoms. The summed E-state index contributed by atoms with van der Waals surface area (Å²) in [7, 11) is 0. The monoisotopic (exact) mass is 602 g/mol. The van der Waals surface area contributed by atoms with Crippen LogP contribution in [0, 0.1) is 6.92 Å². The van der Waals surface area contributed by atoms with E-state index in [0.717, 1.165) is 29.2 Å². The highest BCUT2D eigenvalue weighted by Gasteiger charge is 2.36. The molecule has 3 aromatic heterocycles. The molecule has 42 heavy (non-hydrogen) atoms. The first-order valence-corrected chi connectivity index (χ1v) is 13.9. The molecule has 0 atom stereocenters. The van der Waals surface area contributed by atoms with Crippen LogP contribution in [-0.2, 0) is 15.7 Å². The molecule has 0 unspecified atom stereocenters. The number of carbonyl (C=O) groups is 3. The van der Waals surface area contributed by atoms with Crippen molar-refractivity contribution in [3.8, 4) is 11.3 Å². The number of nitrogens with one attached hydrogen (secondary N) is 1. The lowest BCUT2D eigenvalue weighted by molar-refractivity contribution is -0.142. The van der Waals surface area contributed by atoms with Crippen molar-refractivity contribution >= 4 is 39.8 Å². The lowest BCUT2D eigenvalue weighted by Gasteiger charge is -2.13. The Labute approximate surface area is 243 Å². The highest BCUT2D eigenvalue weighted by molar-refractivity contribution is 7.18. The number of benzene rings is 1. The van der Waals surface area contributed by atoms with Crippen molar-refractivity contribution in [3.05, 3.63) is 69.4 Å². The number of alkyl halides is 3. The van der Waals surface area contributed by atoms with E-state index in [9.17, 15) is 27.6 Å². The second-order valence-corrected chi connectivity index (χ2v) is 11.0. The Morgan fingerprint density at radius 3 is 2.31 bits per heavy atom. The average Bonchev–Trinajstić information content (AvgIpc) is 3.48. The third-order valence-corrected chi connectivity index (χ3v) is 7.45. The van der Waals surface area contributed by atoms with Gasteiger partial charge in [0.05, 0.1) is 30.2 Å². The maximum atomic E-state index is 14.1. The van der Waals surface area contributed by atoms with Gasteiger partial charge in [-0.3, -0.25) is 4.79 Å². The highest BCUT2D eigenvalue weighted by Crippen LogP contribution is 2.36. The van der Waals surface area contributed by atoms with E-state index >= 15 is 0 Å². The number of fused-ring (bicyclic) bond motifs is 1. The van der Waals surface area contributed by atoms with E-state index in [-0.39, 0.29) is 50.4 Å². The number of rotatable bonds is 8. The summed E-state index contributed by atoms with van der Waals surface area (Å²) in [4.78, 5) is 43.4. The van der Waals surface area contributed by atoms with Gasteiger partial charge in [0.15, 0.2) is 11.3 Å². The fourth-order valence-corrected chi connectivity index (χ4v) is 5.28. The van der Waals surface area contributed by atoms with Crippen molar-refractivity contribution in [1.82, 2.24) is 14.6 Å². The maximum Gasteiger partial charge on any atom is 0.433 e. The lowest BCUT2D eigenvalue weighted by Crippen LogP contribution is -2.18. The van der Waals surface area contributed by atoms with Gasteiger partial charge in [0.2, 0.25) is 0 Å². The third-order valence-electron chi connectivity index (χ3n) is 6.26. The van der Waals surface area contributed by atoms with Crippen LogP contribution in [-0.4, -0.2) is 45.2 Å². The number of anilines is 1. The fourth-order valence-electron chi connectivity index (χ4n) is 4.19. The van der Waals surface area contributed by atoms with Gasteiger partial charge < -0.3 is 14.8 Å². The minimum absolute atomic E-state index is 0.00236. The summed E-state index contributed by atoms with van der Waals surface area (Å²) in [5.41, 5.74) is -0.124. The third kappa shape index (κ3) is 6.15. The number of amides is 1. The van der Waals surface area contributed by atoms with Gasteiger partial charge in [0, 0.05) is 5.56 Å². The van der Waals surface area contributed by atoms with E-state index in [2.05, 4.69) is 15.4 Å². The number of esters is 2. The van der Waals surface area contributed by atoms with Crippen LogP contribution in [0.15, 0.2) is 36.5 Å². The van der Waals surface area contributed by atoms with Crippen LogP contribution in [0.25, 0.3) is 16.9 Å². The summed E-state index contributed by atoms with van der Waals surface area (Å²) in [6.45, 7) is 10.5. The van der Waals surface area contributed by atoms with Gasteiger partial charge >= 0.3 is 18.1 Å². The molecule has 0 aliphatic heterocycles. The number of halogens is 3. The van der Waals surface area contributed by atoms with Gasteiger partial charge in [-0.05, 0) is 50.8 Å². The first kappa shape index (κ1) is 30.7. The van der Waals surface area contributed by atoms with Crippen LogP contribution >= 0.6 is 11.3 Å². The van der Waals surface area contributed by atoms with Crippen molar-refractivity contribution in [2.75, 3.05) is 11.9 Å². The molecule has 9 nitrogen and oxygen atoms in total. The normalized spacial score (nSPS) is 11.8. The van der Waals surface area contributed by atoms with Gasteiger partial charge in [0.1, 0.15) is 15.4 Å². The van der Waals surface area contributed by atoms with Gasteiger partial charge in [-0.25, -0.2) is 19.1 Å². The first-order valence-electron chi connectivity index (χ1n) is 13.1. The largest absolute Gasteiger partial charge is 0.462 e. The summed E-state index contributed by atoms with van der Waals surface area (Å²) in [5, 5.41) is 6.33. The van der Waals surface area contributed by atoms with Crippen LogP contribution in [0.5, 0.6) is 0 Å². The smallest absolute Gasteiger partial charge is 0.433 e. The standard InChI is InChI=1S/C29H29F3N4O5S/c1-7-40-28(39)23-16(6)22(27(38)41-15(4)5)26(42-23)35-25(37)19-13-33-36-21(29(30,31)32)12-20(34-24(19)36)18-10-8-17(9-11-18)14(2)3/h8-15H,7H2,1-6H3,(H,35,37). The second-order valence-electron chi connectivity index (χ2n) is 9.98. The number of thiophene rings is 1. The molecule has 0 spiro atoms. The molecule has 0 saturated carbocycles. The molecule has 1 N–H and O–H groups in total. The summed E-state index contributed by atoms with van der Waals surface area (Å²) < 4.78 is 53.2. The summed E-state index contributed by atoms with van der Waals surface area (Å²) >= 11 is 0.797. The molecule has 3 heterocycles. The fraction of sp³-hybridized carbons (Fsp3) is 0.345. The van der Waals surface area contributed by atoms with Crippen molar-refractivity contribution in [2.45, 2.75) is 59.7 Å². The molecular formula is C29H29F3N4O5S. The zero-order valence-electron chi connectivity index (χ0n) is 23.8. The van der Waals surface area contributed by atoms with Gasteiger partial charge in [-0.15, -0.1) is 11.3 Å². The maximum absolute atomic E-state index is 14.1. The van der Waals surface area contributed by atoms with Crippen molar-refractivity contribution in [2.24, 2.45) is 0 Å². The van der Waals surface area contributed by atoms with Crippen LogP contribution in [0.3, 0.4) is 0 Å². The molecule has 1 amide bonds. The number of hydrogen-bond donors (Lipinski definition) is 1. The molecule has 1 aromatic carbocycles. The number of carbonyl (C=O) groups excluding carboxylic acids is 3. The molecule has 4 aromatic rings.